The molecule has 2 heterocycles. The normalized spacial score (nSPS) is 13.5. The molecule has 0 aliphatic carbocycles. The predicted octanol–water partition coefficient (Wildman–Crippen LogP) is 5.74. The number of methoxy groups -OCH3 is 1. The number of piperidine rings is 1. The van der Waals surface area contributed by atoms with Crippen molar-refractivity contribution < 1.29 is 9.47 Å². The Morgan fingerprint density at radius 2 is 1.74 bits per heavy atom. The minimum absolute atomic E-state index is 0.0588. The van der Waals surface area contributed by atoms with Gasteiger partial charge in [-0.05, 0) is 73.6 Å². The Hall–Kier alpha value is -5.17. The third-order valence-electron chi connectivity index (χ3n) is 7.05. The molecule has 0 spiro atoms. The van der Waals surface area contributed by atoms with E-state index in [1.165, 1.54) is 11.1 Å². The zero-order chi connectivity index (χ0) is 29.1. The van der Waals surface area contributed by atoms with E-state index in [9.17, 15) is 0 Å². The van der Waals surface area contributed by atoms with E-state index in [2.05, 4.69) is 63.0 Å². The van der Waals surface area contributed by atoms with Gasteiger partial charge < -0.3 is 19.7 Å². The van der Waals surface area contributed by atoms with Gasteiger partial charge in [0.1, 0.15) is 6.07 Å². The molecule has 2 N–H and O–H groups in total. The van der Waals surface area contributed by atoms with Gasteiger partial charge in [-0.15, -0.1) is 0 Å². The molecule has 5 rings (SSSR count). The second-order valence-corrected chi connectivity index (χ2v) is 10.1. The van der Waals surface area contributed by atoms with Crippen molar-refractivity contribution in [3.63, 3.8) is 0 Å². The van der Waals surface area contributed by atoms with Crippen molar-refractivity contribution in [2.24, 2.45) is 11.0 Å². The Morgan fingerprint density at radius 1 is 0.976 bits per heavy atom. The van der Waals surface area contributed by atoms with Crippen LogP contribution in [0.4, 0.5) is 23.5 Å². The SMILES string of the molecule is COc1cc(C=NNc2nc(Nc3ccc(C)cc3)nc(N3CCC(Cc4ccccc4)CC3)n2)ccc1OCC#N. The third-order valence-corrected chi connectivity index (χ3v) is 7.05. The van der Waals surface area contributed by atoms with Gasteiger partial charge in [0.15, 0.2) is 18.1 Å². The van der Waals surface area contributed by atoms with E-state index >= 15 is 0 Å². The highest BCUT2D eigenvalue weighted by Gasteiger charge is 2.22. The first-order chi connectivity index (χ1) is 20.6. The van der Waals surface area contributed by atoms with Crippen LogP contribution in [-0.2, 0) is 6.42 Å². The average molecular weight is 563 g/mol. The van der Waals surface area contributed by atoms with E-state index in [0.717, 1.165) is 43.6 Å². The molecule has 10 nitrogen and oxygen atoms in total. The zero-order valence-corrected chi connectivity index (χ0v) is 23.8. The summed E-state index contributed by atoms with van der Waals surface area (Å²) < 4.78 is 10.8. The maximum atomic E-state index is 8.78. The van der Waals surface area contributed by atoms with Crippen molar-refractivity contribution >= 4 is 29.7 Å². The van der Waals surface area contributed by atoms with E-state index in [-0.39, 0.29) is 6.61 Å². The van der Waals surface area contributed by atoms with Gasteiger partial charge in [0.05, 0.1) is 13.3 Å². The number of benzene rings is 3. The highest BCUT2D eigenvalue weighted by atomic mass is 16.5. The first-order valence-corrected chi connectivity index (χ1v) is 13.9. The van der Waals surface area contributed by atoms with Crippen molar-refractivity contribution in [3.05, 3.63) is 89.5 Å². The predicted molar refractivity (Wildman–Crippen MR) is 165 cm³/mol. The van der Waals surface area contributed by atoms with Crippen molar-refractivity contribution in [2.45, 2.75) is 26.2 Å². The van der Waals surface area contributed by atoms with Gasteiger partial charge in [-0.2, -0.15) is 25.3 Å². The second kappa shape index (κ2) is 13.9. The smallest absolute Gasteiger partial charge is 0.250 e. The molecule has 1 aliphatic rings. The number of nitrogens with one attached hydrogen (secondary N) is 2. The van der Waals surface area contributed by atoms with Crippen molar-refractivity contribution in [2.75, 3.05) is 42.4 Å². The number of rotatable bonds is 11. The van der Waals surface area contributed by atoms with Crippen LogP contribution in [0, 0.1) is 24.2 Å². The average Bonchev–Trinajstić information content (AvgIpc) is 3.02. The van der Waals surface area contributed by atoms with Gasteiger partial charge in [-0.25, -0.2) is 5.43 Å². The van der Waals surface area contributed by atoms with Crippen LogP contribution in [-0.4, -0.2) is 48.0 Å². The molecule has 0 saturated carbocycles. The number of anilines is 4. The standard InChI is InChI=1S/C32H34N8O2/c1-23-8-11-27(12-9-23)35-30-36-31(39-34-22-26-10-13-28(42-19-16-33)29(21-26)41-2)38-32(37-30)40-17-14-25(15-18-40)20-24-6-4-3-5-7-24/h3-13,21-22,25H,14-15,17-20H2,1-2H3,(H2,35,36,37,38,39). The molecular formula is C32H34N8O2. The van der Waals surface area contributed by atoms with Crippen LogP contribution in [0.1, 0.15) is 29.5 Å². The fourth-order valence-corrected chi connectivity index (χ4v) is 4.82. The summed E-state index contributed by atoms with van der Waals surface area (Å²) in [6, 6.07) is 26.0. The van der Waals surface area contributed by atoms with Crippen LogP contribution < -0.4 is 25.1 Å². The molecule has 1 aromatic heterocycles. The molecule has 0 atom stereocenters. The Morgan fingerprint density at radius 3 is 2.48 bits per heavy atom. The lowest BCUT2D eigenvalue weighted by Gasteiger charge is -2.32. The Kier molecular flexibility index (Phi) is 9.42. The van der Waals surface area contributed by atoms with Gasteiger partial charge in [0.25, 0.3) is 0 Å². The summed E-state index contributed by atoms with van der Waals surface area (Å²) in [5.41, 5.74) is 7.18. The highest BCUT2D eigenvalue weighted by molar-refractivity contribution is 5.81. The summed E-state index contributed by atoms with van der Waals surface area (Å²) in [5.74, 6) is 3.01. The second-order valence-electron chi connectivity index (χ2n) is 10.1. The van der Waals surface area contributed by atoms with E-state index < -0.39 is 0 Å². The molecule has 0 amide bonds. The summed E-state index contributed by atoms with van der Waals surface area (Å²) in [6.45, 7) is 3.73. The molecule has 0 unspecified atom stereocenters. The lowest BCUT2D eigenvalue weighted by molar-refractivity contribution is 0.329. The van der Waals surface area contributed by atoms with Crippen LogP contribution in [0.3, 0.4) is 0 Å². The summed E-state index contributed by atoms with van der Waals surface area (Å²) in [4.78, 5) is 16.2. The lowest BCUT2D eigenvalue weighted by Crippen LogP contribution is -2.35. The van der Waals surface area contributed by atoms with Gasteiger partial charge >= 0.3 is 0 Å². The van der Waals surface area contributed by atoms with E-state index in [1.54, 1.807) is 25.5 Å². The highest BCUT2D eigenvalue weighted by Crippen LogP contribution is 2.28. The molecule has 0 radical (unpaired) electrons. The fraction of sp³-hybridized carbons (Fsp3) is 0.281. The molecule has 42 heavy (non-hydrogen) atoms. The molecule has 10 heteroatoms. The quantitative estimate of drug-likeness (QED) is 0.174. The summed E-state index contributed by atoms with van der Waals surface area (Å²) >= 11 is 0. The number of aryl methyl sites for hydroxylation is 1. The molecule has 1 fully saturated rings. The molecule has 3 aromatic carbocycles. The van der Waals surface area contributed by atoms with Crippen molar-refractivity contribution in [1.82, 2.24) is 15.0 Å². The third kappa shape index (κ3) is 7.73. The van der Waals surface area contributed by atoms with Gasteiger partial charge in [0.2, 0.25) is 17.8 Å². The number of ether oxygens (including phenoxy) is 2. The summed E-state index contributed by atoms with van der Waals surface area (Å²) in [6.07, 6.45) is 4.86. The number of hydrogen-bond acceptors (Lipinski definition) is 10. The van der Waals surface area contributed by atoms with Crippen LogP contribution in [0.2, 0.25) is 0 Å². The monoisotopic (exact) mass is 562 g/mol. The van der Waals surface area contributed by atoms with Gasteiger partial charge in [0, 0.05) is 18.8 Å². The van der Waals surface area contributed by atoms with E-state index in [0.29, 0.717) is 35.3 Å². The minimum Gasteiger partial charge on any atom is -0.493 e. The van der Waals surface area contributed by atoms with Crippen LogP contribution in [0.25, 0.3) is 0 Å². The number of aromatic nitrogens is 3. The number of hydrogen-bond donors (Lipinski definition) is 2. The van der Waals surface area contributed by atoms with E-state index in [4.69, 9.17) is 24.7 Å². The van der Waals surface area contributed by atoms with Crippen LogP contribution in [0.5, 0.6) is 11.5 Å². The van der Waals surface area contributed by atoms with Gasteiger partial charge in [-0.3, -0.25) is 0 Å². The zero-order valence-electron chi connectivity index (χ0n) is 23.8. The Labute approximate surface area is 246 Å². The molecule has 4 aromatic rings. The van der Waals surface area contributed by atoms with Crippen molar-refractivity contribution in [1.29, 1.82) is 5.26 Å². The maximum absolute atomic E-state index is 8.78. The van der Waals surface area contributed by atoms with Gasteiger partial charge in [-0.1, -0.05) is 48.0 Å². The van der Waals surface area contributed by atoms with Crippen LogP contribution >= 0.6 is 0 Å². The Bertz CT molecular complexity index is 1530. The summed E-state index contributed by atoms with van der Waals surface area (Å²) in [7, 11) is 1.55. The molecule has 214 valence electrons. The van der Waals surface area contributed by atoms with E-state index in [1.807, 2.05) is 36.4 Å². The minimum atomic E-state index is -0.0588. The lowest BCUT2D eigenvalue weighted by atomic mass is 9.90. The first-order valence-electron chi connectivity index (χ1n) is 13.9. The number of hydrazone groups is 1. The fourth-order valence-electron chi connectivity index (χ4n) is 4.82. The molecular weight excluding hydrogens is 528 g/mol. The van der Waals surface area contributed by atoms with Crippen LogP contribution in [0.15, 0.2) is 77.9 Å². The molecule has 1 aliphatic heterocycles. The number of nitrogens with zero attached hydrogens (tertiary/aromatic N) is 6. The largest absolute Gasteiger partial charge is 0.493 e. The topological polar surface area (TPSA) is 121 Å². The Balaban J connectivity index is 1.31. The number of nitriles is 1. The molecule has 1 saturated heterocycles. The first kappa shape index (κ1) is 28.4. The summed E-state index contributed by atoms with van der Waals surface area (Å²) in [5, 5.41) is 16.4. The maximum Gasteiger partial charge on any atom is 0.250 e. The molecule has 0 bridgehead atoms. The van der Waals surface area contributed by atoms with Crippen molar-refractivity contribution in [3.8, 4) is 17.6 Å².